The smallest absolute Gasteiger partial charge is 0.325 e. The molecular formula is C23H25N3O5S. The first-order valence-corrected chi connectivity index (χ1v) is 11.1. The van der Waals surface area contributed by atoms with Gasteiger partial charge in [-0.05, 0) is 52.0 Å². The molecule has 3 amide bonds. The Morgan fingerprint density at radius 2 is 2.00 bits per heavy atom. The van der Waals surface area contributed by atoms with Crippen molar-refractivity contribution < 1.29 is 23.5 Å². The molecule has 1 atom stereocenters. The van der Waals surface area contributed by atoms with E-state index in [1.807, 2.05) is 37.4 Å². The van der Waals surface area contributed by atoms with Gasteiger partial charge in [0.1, 0.15) is 22.1 Å². The quantitative estimate of drug-likeness (QED) is 0.531. The van der Waals surface area contributed by atoms with Crippen molar-refractivity contribution in [1.82, 2.24) is 15.2 Å². The lowest BCUT2D eigenvalue weighted by Gasteiger charge is -2.21. The number of hydrogen-bond acceptors (Lipinski definition) is 7. The zero-order valence-electron chi connectivity index (χ0n) is 18.6. The van der Waals surface area contributed by atoms with Crippen LogP contribution in [-0.2, 0) is 16.9 Å². The molecule has 32 heavy (non-hydrogen) atoms. The third-order valence-corrected chi connectivity index (χ3v) is 6.38. The van der Waals surface area contributed by atoms with Crippen LogP contribution in [0.3, 0.4) is 0 Å². The molecule has 0 aliphatic carbocycles. The first kappa shape index (κ1) is 21.9. The van der Waals surface area contributed by atoms with Crippen molar-refractivity contribution in [2.45, 2.75) is 39.8 Å². The predicted molar refractivity (Wildman–Crippen MR) is 120 cm³/mol. The van der Waals surface area contributed by atoms with Crippen LogP contribution in [0.5, 0.6) is 11.5 Å². The maximum absolute atomic E-state index is 13.2. The zero-order chi connectivity index (χ0) is 23.0. The number of methoxy groups -OCH3 is 1. The molecule has 168 valence electrons. The van der Waals surface area contributed by atoms with Gasteiger partial charge in [-0.25, -0.2) is 9.78 Å². The van der Waals surface area contributed by atoms with E-state index in [1.165, 1.54) is 16.2 Å². The summed E-state index contributed by atoms with van der Waals surface area (Å²) in [6.45, 7) is 7.83. The highest BCUT2D eigenvalue weighted by Crippen LogP contribution is 2.36. The molecule has 1 unspecified atom stereocenters. The molecular weight excluding hydrogens is 430 g/mol. The second kappa shape index (κ2) is 8.31. The number of rotatable bonds is 7. The number of nitrogens with zero attached hydrogens (tertiary/aromatic N) is 2. The third kappa shape index (κ3) is 3.73. The van der Waals surface area contributed by atoms with E-state index < -0.39 is 11.6 Å². The molecule has 9 heteroatoms. The van der Waals surface area contributed by atoms with Crippen LogP contribution in [0, 0.1) is 13.8 Å². The Morgan fingerprint density at radius 1 is 1.22 bits per heavy atom. The van der Waals surface area contributed by atoms with Crippen LogP contribution in [0.15, 0.2) is 34.1 Å². The van der Waals surface area contributed by atoms with Gasteiger partial charge in [0, 0.05) is 16.5 Å². The molecule has 0 radical (unpaired) electrons. The normalized spacial score (nSPS) is 18.2. The molecule has 0 saturated carbocycles. The maximum atomic E-state index is 13.2. The number of hydrogen-bond donors (Lipinski definition) is 1. The molecule has 3 aromatic rings. The van der Waals surface area contributed by atoms with Gasteiger partial charge in [0.2, 0.25) is 0 Å². The number of urea groups is 1. The van der Waals surface area contributed by atoms with E-state index in [2.05, 4.69) is 10.3 Å². The molecule has 0 spiro atoms. The molecule has 1 saturated heterocycles. The lowest BCUT2D eigenvalue weighted by molar-refractivity contribution is -0.131. The Hall–Kier alpha value is -3.33. The Kier molecular flexibility index (Phi) is 5.68. The van der Waals surface area contributed by atoms with Crippen molar-refractivity contribution in [3.05, 3.63) is 52.4 Å². The average molecular weight is 456 g/mol. The standard InChI is InChI=1S/C23H25N3O5S/c1-6-30-18-8-7-15(10-19(18)29-5)20-24-16(12-32-20)11-26-21(27)23(4,25-22(26)28)17-9-13(2)31-14(17)3/h7-10,12H,6,11H2,1-5H3,(H,25,28). The minimum Gasteiger partial charge on any atom is -0.493 e. The number of aromatic nitrogens is 1. The lowest BCUT2D eigenvalue weighted by atomic mass is 9.92. The van der Waals surface area contributed by atoms with Crippen LogP contribution in [0.25, 0.3) is 10.6 Å². The fourth-order valence-corrected chi connectivity index (χ4v) is 4.71. The fourth-order valence-electron chi connectivity index (χ4n) is 3.90. The first-order valence-electron chi connectivity index (χ1n) is 10.2. The van der Waals surface area contributed by atoms with Crippen molar-refractivity contribution in [3.63, 3.8) is 0 Å². The first-order chi connectivity index (χ1) is 15.3. The van der Waals surface area contributed by atoms with E-state index in [9.17, 15) is 9.59 Å². The summed E-state index contributed by atoms with van der Waals surface area (Å²) in [5, 5.41) is 5.43. The zero-order valence-corrected chi connectivity index (χ0v) is 19.5. The fraction of sp³-hybridized carbons (Fsp3) is 0.348. The second-order valence-corrected chi connectivity index (χ2v) is 8.57. The summed E-state index contributed by atoms with van der Waals surface area (Å²) >= 11 is 1.44. The third-order valence-electron chi connectivity index (χ3n) is 5.44. The topological polar surface area (TPSA) is 93.9 Å². The SMILES string of the molecule is CCOc1ccc(-c2nc(CN3C(=O)NC(C)(c4cc(C)oc4C)C3=O)cs2)cc1OC. The van der Waals surface area contributed by atoms with Crippen molar-refractivity contribution in [2.24, 2.45) is 0 Å². The van der Waals surface area contributed by atoms with E-state index in [1.54, 1.807) is 27.0 Å². The maximum Gasteiger partial charge on any atom is 0.325 e. The number of thiazole rings is 1. The number of furan rings is 1. The van der Waals surface area contributed by atoms with E-state index in [0.29, 0.717) is 40.9 Å². The van der Waals surface area contributed by atoms with Crippen molar-refractivity contribution in [3.8, 4) is 22.1 Å². The van der Waals surface area contributed by atoms with Gasteiger partial charge < -0.3 is 19.2 Å². The number of ether oxygens (including phenoxy) is 2. The second-order valence-electron chi connectivity index (χ2n) is 7.72. The summed E-state index contributed by atoms with van der Waals surface area (Å²) in [7, 11) is 1.59. The molecule has 8 nitrogen and oxygen atoms in total. The average Bonchev–Trinajstić information content (AvgIpc) is 3.42. The molecule has 1 aromatic carbocycles. The van der Waals surface area contributed by atoms with Crippen LogP contribution in [0.1, 0.15) is 36.6 Å². The molecule has 1 fully saturated rings. The molecule has 1 N–H and O–H groups in total. The summed E-state index contributed by atoms with van der Waals surface area (Å²) in [6.07, 6.45) is 0. The molecule has 2 aromatic heterocycles. The molecule has 1 aliphatic rings. The summed E-state index contributed by atoms with van der Waals surface area (Å²) < 4.78 is 16.6. The number of amides is 3. The van der Waals surface area contributed by atoms with Crippen LogP contribution in [-0.4, -0.2) is 35.5 Å². The van der Waals surface area contributed by atoms with Crippen molar-refractivity contribution >= 4 is 23.3 Å². The van der Waals surface area contributed by atoms with Gasteiger partial charge in [-0.15, -0.1) is 11.3 Å². The summed E-state index contributed by atoms with van der Waals surface area (Å²) in [5.74, 6) is 2.26. The Labute approximate surface area is 190 Å². The summed E-state index contributed by atoms with van der Waals surface area (Å²) in [4.78, 5) is 31.7. The summed E-state index contributed by atoms with van der Waals surface area (Å²) in [5.41, 5.74) is 0.996. The number of benzene rings is 1. The highest BCUT2D eigenvalue weighted by Gasteiger charge is 2.50. The van der Waals surface area contributed by atoms with Gasteiger partial charge >= 0.3 is 6.03 Å². The number of carbonyl (C=O) groups is 2. The van der Waals surface area contributed by atoms with Crippen LogP contribution >= 0.6 is 11.3 Å². The summed E-state index contributed by atoms with van der Waals surface area (Å²) in [6, 6.07) is 6.95. The van der Waals surface area contributed by atoms with Gasteiger partial charge in [-0.1, -0.05) is 0 Å². The van der Waals surface area contributed by atoms with E-state index in [4.69, 9.17) is 13.9 Å². The van der Waals surface area contributed by atoms with Crippen LogP contribution in [0.4, 0.5) is 4.79 Å². The van der Waals surface area contributed by atoms with E-state index in [0.717, 1.165) is 10.6 Å². The largest absolute Gasteiger partial charge is 0.493 e. The highest BCUT2D eigenvalue weighted by molar-refractivity contribution is 7.13. The minimum absolute atomic E-state index is 0.0841. The lowest BCUT2D eigenvalue weighted by Crippen LogP contribution is -2.41. The van der Waals surface area contributed by atoms with E-state index in [-0.39, 0.29) is 12.5 Å². The van der Waals surface area contributed by atoms with Gasteiger partial charge in [0.05, 0.1) is 26.0 Å². The monoisotopic (exact) mass is 455 g/mol. The number of imide groups is 1. The Balaban J connectivity index is 1.55. The minimum atomic E-state index is -1.17. The van der Waals surface area contributed by atoms with Gasteiger partial charge in [0.15, 0.2) is 11.5 Å². The van der Waals surface area contributed by atoms with Gasteiger partial charge in [-0.3, -0.25) is 9.69 Å². The van der Waals surface area contributed by atoms with Crippen molar-refractivity contribution in [1.29, 1.82) is 0 Å². The van der Waals surface area contributed by atoms with Crippen LogP contribution < -0.4 is 14.8 Å². The predicted octanol–water partition coefficient (Wildman–Crippen LogP) is 4.39. The van der Waals surface area contributed by atoms with Crippen LogP contribution in [0.2, 0.25) is 0 Å². The molecule has 4 rings (SSSR count). The molecule has 3 heterocycles. The molecule has 1 aliphatic heterocycles. The molecule has 0 bridgehead atoms. The number of aryl methyl sites for hydroxylation is 2. The highest BCUT2D eigenvalue weighted by atomic mass is 32.1. The van der Waals surface area contributed by atoms with Crippen molar-refractivity contribution in [2.75, 3.05) is 13.7 Å². The Morgan fingerprint density at radius 3 is 2.66 bits per heavy atom. The Bertz CT molecular complexity index is 1180. The number of carbonyl (C=O) groups excluding carboxylic acids is 2. The van der Waals surface area contributed by atoms with Gasteiger partial charge in [0.25, 0.3) is 5.91 Å². The van der Waals surface area contributed by atoms with E-state index >= 15 is 0 Å². The van der Waals surface area contributed by atoms with Gasteiger partial charge in [-0.2, -0.15) is 0 Å². The number of nitrogens with one attached hydrogen (secondary N) is 1.